The summed E-state index contributed by atoms with van der Waals surface area (Å²) in [6, 6.07) is 0. The maximum Gasteiger partial charge on any atom is 0.246 e. The van der Waals surface area contributed by atoms with Gasteiger partial charge in [0.15, 0.2) is 5.82 Å². The lowest BCUT2D eigenvalue weighted by Crippen LogP contribution is -2.43. The highest BCUT2D eigenvalue weighted by Gasteiger charge is 2.46. The second kappa shape index (κ2) is 3.31. The summed E-state index contributed by atoms with van der Waals surface area (Å²) in [5, 5.41) is 4.22. The monoisotopic (exact) mass is 233 g/mol. The minimum absolute atomic E-state index is 0.303. The molecule has 0 aromatic carbocycles. The van der Waals surface area contributed by atoms with E-state index in [1.54, 1.807) is 0 Å². The third kappa shape index (κ3) is 1.61. The molecular formula is C13H19N3O. The lowest BCUT2D eigenvalue weighted by Gasteiger charge is -2.33. The Kier molecular flexibility index (Phi) is 1.96. The zero-order valence-corrected chi connectivity index (χ0v) is 10.1. The van der Waals surface area contributed by atoms with E-state index in [1.807, 2.05) is 0 Å². The molecule has 3 fully saturated rings. The van der Waals surface area contributed by atoms with E-state index in [9.17, 15) is 0 Å². The van der Waals surface area contributed by atoms with E-state index < -0.39 is 0 Å². The molecule has 4 nitrogen and oxygen atoms in total. The maximum atomic E-state index is 6.22. The molecular weight excluding hydrogens is 214 g/mol. The van der Waals surface area contributed by atoms with Crippen molar-refractivity contribution in [1.82, 2.24) is 10.1 Å². The average molecular weight is 233 g/mol. The van der Waals surface area contributed by atoms with Crippen LogP contribution in [-0.4, -0.2) is 10.1 Å². The molecule has 3 aliphatic rings. The second-order valence-electron chi connectivity index (χ2n) is 6.17. The minimum atomic E-state index is -0.303. The molecule has 0 atom stereocenters. The third-order valence-corrected chi connectivity index (χ3v) is 4.67. The van der Waals surface area contributed by atoms with Crippen LogP contribution < -0.4 is 5.73 Å². The molecule has 3 saturated carbocycles. The van der Waals surface area contributed by atoms with Gasteiger partial charge in [-0.2, -0.15) is 4.98 Å². The molecule has 92 valence electrons. The highest BCUT2D eigenvalue weighted by atomic mass is 16.5. The first-order valence-corrected chi connectivity index (χ1v) is 6.89. The number of hydrogen-bond donors (Lipinski definition) is 1. The van der Waals surface area contributed by atoms with Gasteiger partial charge in [-0.05, 0) is 56.8 Å². The molecule has 0 aliphatic heterocycles. The van der Waals surface area contributed by atoms with E-state index >= 15 is 0 Å². The van der Waals surface area contributed by atoms with Crippen molar-refractivity contribution in [1.29, 1.82) is 0 Å². The molecule has 17 heavy (non-hydrogen) atoms. The summed E-state index contributed by atoms with van der Waals surface area (Å²) < 4.78 is 5.42. The van der Waals surface area contributed by atoms with E-state index in [4.69, 9.17) is 10.3 Å². The van der Waals surface area contributed by atoms with Gasteiger partial charge in [0.1, 0.15) is 0 Å². The van der Waals surface area contributed by atoms with Crippen LogP contribution in [0.25, 0.3) is 0 Å². The smallest absolute Gasteiger partial charge is 0.246 e. The summed E-state index contributed by atoms with van der Waals surface area (Å²) in [5.41, 5.74) is 5.92. The molecule has 1 aromatic rings. The first-order chi connectivity index (χ1) is 8.26. The van der Waals surface area contributed by atoms with Crippen molar-refractivity contribution >= 4 is 0 Å². The van der Waals surface area contributed by atoms with Crippen molar-refractivity contribution in [2.75, 3.05) is 0 Å². The fourth-order valence-corrected chi connectivity index (χ4v) is 3.06. The third-order valence-electron chi connectivity index (χ3n) is 4.67. The standard InChI is InChI=1S/C13H19N3O/c14-13(6-1-7-13)12-15-11(16-17-12)10(8-2-3-8)9-4-5-9/h8-10H,1-7,14H2. The van der Waals surface area contributed by atoms with E-state index in [0.29, 0.717) is 11.8 Å². The van der Waals surface area contributed by atoms with Crippen molar-refractivity contribution in [2.45, 2.75) is 56.4 Å². The lowest BCUT2D eigenvalue weighted by molar-refractivity contribution is 0.181. The van der Waals surface area contributed by atoms with Crippen LogP contribution in [0.4, 0.5) is 0 Å². The van der Waals surface area contributed by atoms with Gasteiger partial charge in [0.2, 0.25) is 5.89 Å². The molecule has 3 aliphatic carbocycles. The number of hydrogen-bond acceptors (Lipinski definition) is 4. The van der Waals surface area contributed by atoms with Gasteiger partial charge in [0.05, 0.1) is 5.54 Å². The molecule has 0 saturated heterocycles. The molecule has 4 rings (SSSR count). The normalized spacial score (nSPS) is 27.2. The van der Waals surface area contributed by atoms with Crippen molar-refractivity contribution in [3.05, 3.63) is 11.7 Å². The number of rotatable bonds is 4. The minimum Gasteiger partial charge on any atom is -0.337 e. The molecule has 0 bridgehead atoms. The van der Waals surface area contributed by atoms with Gasteiger partial charge in [-0.3, -0.25) is 0 Å². The van der Waals surface area contributed by atoms with Gasteiger partial charge >= 0.3 is 0 Å². The first-order valence-electron chi connectivity index (χ1n) is 6.89. The topological polar surface area (TPSA) is 64.9 Å². The Morgan fingerprint density at radius 1 is 1.18 bits per heavy atom. The summed E-state index contributed by atoms with van der Waals surface area (Å²) in [6.07, 6.45) is 8.55. The summed E-state index contributed by atoms with van der Waals surface area (Å²) in [4.78, 5) is 4.62. The molecule has 4 heteroatoms. The van der Waals surface area contributed by atoms with E-state index in [1.165, 1.54) is 32.1 Å². The Labute approximate surface area is 101 Å². The summed E-state index contributed by atoms with van der Waals surface area (Å²) in [5.74, 6) is 3.84. The van der Waals surface area contributed by atoms with Gasteiger partial charge in [-0.1, -0.05) is 5.16 Å². The van der Waals surface area contributed by atoms with Gasteiger partial charge < -0.3 is 10.3 Å². The molecule has 0 radical (unpaired) electrons. The van der Waals surface area contributed by atoms with Crippen molar-refractivity contribution < 1.29 is 4.52 Å². The zero-order valence-electron chi connectivity index (χ0n) is 10.1. The predicted octanol–water partition coefficient (Wildman–Crippen LogP) is 2.31. The molecule has 0 unspecified atom stereocenters. The Morgan fingerprint density at radius 3 is 2.29 bits per heavy atom. The van der Waals surface area contributed by atoms with Gasteiger partial charge in [-0.25, -0.2) is 0 Å². The van der Waals surface area contributed by atoms with Gasteiger partial charge in [-0.15, -0.1) is 0 Å². The Morgan fingerprint density at radius 2 is 1.82 bits per heavy atom. The largest absolute Gasteiger partial charge is 0.337 e. The number of nitrogens with zero attached hydrogens (tertiary/aromatic N) is 2. The maximum absolute atomic E-state index is 6.22. The predicted molar refractivity (Wildman–Crippen MR) is 62.2 cm³/mol. The van der Waals surface area contributed by atoms with E-state index in [0.717, 1.165) is 30.5 Å². The highest BCUT2D eigenvalue weighted by molar-refractivity contribution is 5.13. The van der Waals surface area contributed by atoms with Crippen molar-refractivity contribution in [3.63, 3.8) is 0 Å². The van der Waals surface area contributed by atoms with Crippen LogP contribution in [0, 0.1) is 11.8 Å². The van der Waals surface area contributed by atoms with E-state index in [-0.39, 0.29) is 5.54 Å². The Hall–Kier alpha value is -0.900. The van der Waals surface area contributed by atoms with Gasteiger partial charge in [0, 0.05) is 5.92 Å². The van der Waals surface area contributed by atoms with Crippen LogP contribution in [0.5, 0.6) is 0 Å². The van der Waals surface area contributed by atoms with Crippen LogP contribution in [0.15, 0.2) is 4.52 Å². The fourth-order valence-electron chi connectivity index (χ4n) is 3.06. The Balaban J connectivity index is 1.60. The lowest BCUT2D eigenvalue weighted by atomic mass is 9.77. The average Bonchev–Trinajstić information content (AvgIpc) is 3.17. The molecule has 2 N–H and O–H groups in total. The molecule has 0 spiro atoms. The van der Waals surface area contributed by atoms with E-state index in [2.05, 4.69) is 10.1 Å². The SMILES string of the molecule is NC1(c2nc(C(C3CC3)C3CC3)no2)CCC1. The van der Waals surface area contributed by atoms with Crippen LogP contribution in [-0.2, 0) is 5.54 Å². The molecule has 1 heterocycles. The van der Waals surface area contributed by atoms with Crippen LogP contribution in [0.3, 0.4) is 0 Å². The Bertz CT molecular complexity index is 418. The highest BCUT2D eigenvalue weighted by Crippen LogP contribution is 2.54. The zero-order chi connectivity index (χ0) is 11.5. The summed E-state index contributed by atoms with van der Waals surface area (Å²) in [7, 11) is 0. The molecule has 1 aromatic heterocycles. The summed E-state index contributed by atoms with van der Waals surface area (Å²) >= 11 is 0. The van der Waals surface area contributed by atoms with Crippen LogP contribution in [0.1, 0.15) is 62.6 Å². The van der Waals surface area contributed by atoms with Gasteiger partial charge in [0.25, 0.3) is 0 Å². The summed E-state index contributed by atoms with van der Waals surface area (Å²) in [6.45, 7) is 0. The quantitative estimate of drug-likeness (QED) is 0.866. The van der Waals surface area contributed by atoms with Crippen molar-refractivity contribution in [2.24, 2.45) is 17.6 Å². The van der Waals surface area contributed by atoms with Crippen LogP contribution in [0.2, 0.25) is 0 Å². The second-order valence-corrected chi connectivity index (χ2v) is 6.17. The number of aromatic nitrogens is 2. The van der Waals surface area contributed by atoms with Crippen LogP contribution >= 0.6 is 0 Å². The molecule has 0 amide bonds. The fraction of sp³-hybridized carbons (Fsp3) is 0.846. The van der Waals surface area contributed by atoms with Crippen molar-refractivity contribution in [3.8, 4) is 0 Å². The number of nitrogens with two attached hydrogens (primary N) is 1. The first kappa shape index (κ1) is 10.1.